The van der Waals surface area contributed by atoms with E-state index in [4.69, 9.17) is 9.72 Å². The zero-order valence-corrected chi connectivity index (χ0v) is 18.3. The van der Waals surface area contributed by atoms with E-state index in [9.17, 15) is 9.59 Å². The third kappa shape index (κ3) is 4.81. The average molecular weight is 410 g/mol. The van der Waals surface area contributed by atoms with Crippen molar-refractivity contribution in [2.24, 2.45) is 0 Å². The zero-order chi connectivity index (χ0) is 21.7. The number of amides is 2. The topological polar surface area (TPSA) is 71.5 Å². The van der Waals surface area contributed by atoms with Gasteiger partial charge in [0, 0.05) is 30.7 Å². The maximum Gasteiger partial charge on any atom is 0.257 e. The van der Waals surface area contributed by atoms with Crippen LogP contribution in [-0.2, 0) is 0 Å². The van der Waals surface area contributed by atoms with Crippen LogP contribution in [-0.4, -0.2) is 47.9 Å². The Balaban J connectivity index is 1.74. The average Bonchev–Trinajstić information content (AvgIpc) is 2.78. The third-order valence-corrected chi connectivity index (χ3v) is 5.80. The van der Waals surface area contributed by atoms with Crippen molar-refractivity contribution in [2.45, 2.75) is 52.0 Å². The summed E-state index contributed by atoms with van der Waals surface area (Å²) in [5, 5.41) is 3.05. The van der Waals surface area contributed by atoms with Gasteiger partial charge in [0.05, 0.1) is 23.9 Å². The Morgan fingerprint density at radius 3 is 2.53 bits per heavy atom. The summed E-state index contributed by atoms with van der Waals surface area (Å²) in [4.78, 5) is 32.3. The Hall–Kier alpha value is -2.89. The Morgan fingerprint density at radius 1 is 1.17 bits per heavy atom. The molecule has 2 aromatic rings. The lowest BCUT2D eigenvalue weighted by Gasteiger charge is -2.33. The molecule has 1 N–H and O–H groups in total. The van der Waals surface area contributed by atoms with Crippen molar-refractivity contribution in [3.63, 3.8) is 0 Å². The summed E-state index contributed by atoms with van der Waals surface area (Å²) >= 11 is 0. The number of piperidine rings is 1. The highest BCUT2D eigenvalue weighted by Crippen LogP contribution is 2.31. The van der Waals surface area contributed by atoms with Crippen molar-refractivity contribution in [1.29, 1.82) is 0 Å². The van der Waals surface area contributed by atoms with Gasteiger partial charge in [-0.15, -0.1) is 0 Å². The first-order valence-corrected chi connectivity index (χ1v) is 10.6. The van der Waals surface area contributed by atoms with Gasteiger partial charge in [0.1, 0.15) is 5.75 Å². The van der Waals surface area contributed by atoms with Crippen LogP contribution in [0.15, 0.2) is 36.4 Å². The molecule has 1 atom stereocenters. The van der Waals surface area contributed by atoms with Crippen LogP contribution in [0.2, 0.25) is 0 Å². The summed E-state index contributed by atoms with van der Waals surface area (Å²) in [6.45, 7) is 7.25. The number of methoxy groups -OCH3 is 1. The highest BCUT2D eigenvalue weighted by Gasteiger charge is 2.29. The Kier molecular flexibility index (Phi) is 7.08. The predicted octanol–water partition coefficient (Wildman–Crippen LogP) is 3.95. The fraction of sp³-hybridized carbons (Fsp3) is 0.458. The number of nitrogens with zero attached hydrogens (tertiary/aromatic N) is 2. The zero-order valence-electron chi connectivity index (χ0n) is 18.3. The first-order valence-electron chi connectivity index (χ1n) is 10.6. The molecule has 2 amide bonds. The summed E-state index contributed by atoms with van der Waals surface area (Å²) in [6.07, 6.45) is 2.44. The van der Waals surface area contributed by atoms with Gasteiger partial charge in [-0.2, -0.15) is 0 Å². The molecule has 160 valence electrons. The lowest BCUT2D eigenvalue weighted by atomic mass is 9.89. The summed E-state index contributed by atoms with van der Waals surface area (Å²) in [6, 6.07) is 11.2. The molecule has 0 aliphatic carbocycles. The second kappa shape index (κ2) is 9.74. The van der Waals surface area contributed by atoms with Crippen LogP contribution < -0.4 is 10.1 Å². The number of aromatic nitrogens is 1. The molecule has 30 heavy (non-hydrogen) atoms. The number of benzene rings is 1. The molecule has 6 nitrogen and oxygen atoms in total. The molecule has 1 unspecified atom stereocenters. The molecular formula is C24H31N3O3. The number of ether oxygens (including phenoxy) is 1. The molecule has 0 spiro atoms. The third-order valence-electron chi connectivity index (χ3n) is 5.80. The van der Waals surface area contributed by atoms with Gasteiger partial charge in [0.2, 0.25) is 0 Å². The molecular weight excluding hydrogens is 378 g/mol. The second-order valence-electron chi connectivity index (χ2n) is 7.93. The number of rotatable bonds is 6. The Morgan fingerprint density at radius 2 is 1.87 bits per heavy atom. The van der Waals surface area contributed by atoms with Crippen molar-refractivity contribution in [3.8, 4) is 5.75 Å². The van der Waals surface area contributed by atoms with E-state index in [1.165, 1.54) is 0 Å². The summed E-state index contributed by atoms with van der Waals surface area (Å²) in [5.41, 5.74) is 2.98. The maximum atomic E-state index is 13.0. The van der Waals surface area contributed by atoms with Gasteiger partial charge in [0.25, 0.3) is 11.8 Å². The molecule has 1 aliphatic rings. The highest BCUT2D eigenvalue weighted by atomic mass is 16.5. The van der Waals surface area contributed by atoms with Crippen LogP contribution in [0.4, 0.5) is 0 Å². The number of para-hydroxylation sites is 1. The lowest BCUT2D eigenvalue weighted by molar-refractivity contribution is 0.0707. The van der Waals surface area contributed by atoms with E-state index in [2.05, 4.69) is 5.32 Å². The number of aryl methyl sites for hydroxylation is 1. The largest absolute Gasteiger partial charge is 0.496 e. The van der Waals surface area contributed by atoms with E-state index < -0.39 is 0 Å². The highest BCUT2D eigenvalue weighted by molar-refractivity contribution is 5.97. The molecule has 2 heterocycles. The van der Waals surface area contributed by atoms with E-state index in [1.807, 2.05) is 49.9 Å². The van der Waals surface area contributed by atoms with Crippen molar-refractivity contribution >= 4 is 11.8 Å². The summed E-state index contributed by atoms with van der Waals surface area (Å²) < 4.78 is 5.34. The number of carbonyl (C=O) groups is 2. The van der Waals surface area contributed by atoms with E-state index in [1.54, 1.807) is 19.2 Å². The lowest BCUT2D eigenvalue weighted by Crippen LogP contribution is -2.39. The van der Waals surface area contributed by atoms with Crippen LogP contribution in [0.5, 0.6) is 5.75 Å². The maximum absolute atomic E-state index is 13.0. The van der Waals surface area contributed by atoms with Gasteiger partial charge in [0.15, 0.2) is 0 Å². The molecule has 1 aromatic carbocycles. The first kappa shape index (κ1) is 21.8. The van der Waals surface area contributed by atoms with Gasteiger partial charge in [-0.25, -0.2) is 0 Å². The van der Waals surface area contributed by atoms with Gasteiger partial charge < -0.3 is 15.0 Å². The molecule has 0 saturated carbocycles. The number of hydrogen-bond donors (Lipinski definition) is 1. The van der Waals surface area contributed by atoms with Crippen molar-refractivity contribution in [3.05, 3.63) is 58.9 Å². The van der Waals surface area contributed by atoms with Crippen molar-refractivity contribution in [2.75, 3.05) is 20.2 Å². The quantitative estimate of drug-likeness (QED) is 0.784. The van der Waals surface area contributed by atoms with Gasteiger partial charge >= 0.3 is 0 Å². The van der Waals surface area contributed by atoms with Crippen molar-refractivity contribution in [1.82, 2.24) is 15.2 Å². The van der Waals surface area contributed by atoms with Crippen LogP contribution >= 0.6 is 0 Å². The van der Waals surface area contributed by atoms with Gasteiger partial charge in [-0.3, -0.25) is 14.6 Å². The minimum absolute atomic E-state index is 0.0159. The minimum atomic E-state index is -0.0700. The Labute approximate surface area is 178 Å². The molecule has 1 saturated heterocycles. The molecule has 6 heteroatoms. The SMILES string of the molecule is CCC(C)NC(=O)c1ccc(C)nc1C1CCN(C(=O)c2ccccc2OC)CC1. The normalized spacial score (nSPS) is 15.5. The van der Waals surface area contributed by atoms with Crippen LogP contribution in [0.25, 0.3) is 0 Å². The monoisotopic (exact) mass is 409 g/mol. The Bertz CT molecular complexity index is 904. The van der Waals surface area contributed by atoms with E-state index in [0.717, 1.165) is 30.7 Å². The molecule has 3 rings (SSSR count). The van der Waals surface area contributed by atoms with E-state index in [-0.39, 0.29) is 23.8 Å². The van der Waals surface area contributed by atoms with Crippen LogP contribution in [0.3, 0.4) is 0 Å². The molecule has 0 radical (unpaired) electrons. The molecule has 1 aromatic heterocycles. The second-order valence-corrected chi connectivity index (χ2v) is 7.93. The number of carbonyl (C=O) groups excluding carboxylic acids is 2. The standard InChI is InChI=1S/C24H31N3O3/c1-5-16(2)26-23(28)20-11-10-17(3)25-22(20)18-12-14-27(15-13-18)24(29)19-8-6-7-9-21(19)30-4/h6-11,16,18H,5,12-15H2,1-4H3,(H,26,28). The molecule has 1 aliphatic heterocycles. The van der Waals surface area contributed by atoms with Crippen molar-refractivity contribution < 1.29 is 14.3 Å². The molecule has 1 fully saturated rings. The number of hydrogen-bond acceptors (Lipinski definition) is 4. The molecule has 0 bridgehead atoms. The van der Waals surface area contributed by atoms with Gasteiger partial charge in [-0.1, -0.05) is 19.1 Å². The minimum Gasteiger partial charge on any atom is -0.496 e. The van der Waals surface area contributed by atoms with Gasteiger partial charge in [-0.05, 0) is 57.4 Å². The number of likely N-dealkylation sites (tertiary alicyclic amines) is 1. The number of nitrogens with one attached hydrogen (secondary N) is 1. The van der Waals surface area contributed by atoms with E-state index in [0.29, 0.717) is 30.0 Å². The van der Waals surface area contributed by atoms with Crippen LogP contribution in [0, 0.1) is 6.92 Å². The smallest absolute Gasteiger partial charge is 0.257 e. The summed E-state index contributed by atoms with van der Waals surface area (Å²) in [7, 11) is 1.58. The van der Waals surface area contributed by atoms with E-state index >= 15 is 0 Å². The fourth-order valence-electron chi connectivity index (χ4n) is 3.83. The summed E-state index contributed by atoms with van der Waals surface area (Å²) in [5.74, 6) is 0.662. The number of pyridine rings is 1. The predicted molar refractivity (Wildman–Crippen MR) is 117 cm³/mol. The van der Waals surface area contributed by atoms with Crippen LogP contribution in [0.1, 0.15) is 71.1 Å². The fourth-order valence-corrected chi connectivity index (χ4v) is 3.83. The first-order chi connectivity index (χ1) is 14.4.